The first-order valence-corrected chi connectivity index (χ1v) is 7.49. The minimum Gasteiger partial charge on any atom is -0.324 e. The van der Waals surface area contributed by atoms with Crippen LogP contribution < -0.4 is 5.32 Å². The second-order valence-corrected chi connectivity index (χ2v) is 5.72. The average Bonchev–Trinajstić information content (AvgIpc) is 2.97. The molecule has 5 nitrogen and oxygen atoms in total. The topological polar surface area (TPSA) is 73.2 Å². The van der Waals surface area contributed by atoms with Gasteiger partial charge in [-0.3, -0.25) is 9.59 Å². The Labute approximate surface area is 134 Å². The third kappa shape index (κ3) is 4.16. The van der Waals surface area contributed by atoms with Crippen LogP contribution in [0.3, 0.4) is 0 Å². The van der Waals surface area contributed by atoms with E-state index in [9.17, 15) is 22.8 Å². The Morgan fingerprint density at radius 1 is 1.30 bits per heavy atom. The van der Waals surface area contributed by atoms with Crippen LogP contribution in [0.5, 0.6) is 0 Å². The maximum atomic E-state index is 12.5. The van der Waals surface area contributed by atoms with Crippen LogP contribution in [0.4, 0.5) is 18.9 Å². The smallest absolute Gasteiger partial charge is 0.324 e. The molecule has 2 rings (SSSR count). The van der Waals surface area contributed by atoms with Gasteiger partial charge in [-0.25, -0.2) is 0 Å². The van der Waals surface area contributed by atoms with E-state index in [1.54, 1.807) is 24.3 Å². The van der Waals surface area contributed by atoms with Crippen molar-refractivity contribution in [2.24, 2.45) is 0 Å². The van der Waals surface area contributed by atoms with Gasteiger partial charge in [0.25, 0.3) is 0 Å². The Morgan fingerprint density at radius 3 is 2.52 bits per heavy atom. The van der Waals surface area contributed by atoms with Crippen LogP contribution >= 0.6 is 11.8 Å². The third-order valence-corrected chi connectivity index (χ3v) is 3.94. The molecule has 1 fully saturated rings. The number of benzene rings is 1. The molecular formula is C14H12F3N3O2S. The molecule has 1 unspecified atom stereocenters. The quantitative estimate of drug-likeness (QED) is 0.676. The number of nitrogens with zero attached hydrogens (tertiary/aromatic N) is 2. The first-order valence-electron chi connectivity index (χ1n) is 6.67. The van der Waals surface area contributed by atoms with Crippen molar-refractivity contribution < 1.29 is 22.8 Å². The van der Waals surface area contributed by atoms with Gasteiger partial charge in [0.05, 0.1) is 0 Å². The maximum Gasteiger partial charge on any atom is 0.471 e. The zero-order valence-corrected chi connectivity index (χ0v) is 12.6. The van der Waals surface area contributed by atoms with Crippen molar-refractivity contribution in [3.8, 4) is 5.40 Å². The van der Waals surface area contributed by atoms with Gasteiger partial charge >= 0.3 is 12.1 Å². The summed E-state index contributed by atoms with van der Waals surface area (Å²) in [6.07, 6.45) is -4.45. The Balaban J connectivity index is 2.05. The van der Waals surface area contributed by atoms with Crippen LogP contribution in [0, 0.1) is 10.7 Å². The number of nitrogens with one attached hydrogen (secondary N) is 1. The summed E-state index contributed by atoms with van der Waals surface area (Å²) in [6, 6.07) is 5.18. The fourth-order valence-corrected chi connectivity index (χ4v) is 2.71. The molecule has 1 heterocycles. The van der Waals surface area contributed by atoms with Crippen LogP contribution in [0.15, 0.2) is 29.2 Å². The zero-order chi connectivity index (χ0) is 17.0. The molecule has 1 N–H and O–H groups in total. The lowest BCUT2D eigenvalue weighted by molar-refractivity contribution is -0.186. The molecule has 23 heavy (non-hydrogen) atoms. The van der Waals surface area contributed by atoms with Gasteiger partial charge < -0.3 is 10.2 Å². The lowest BCUT2D eigenvalue weighted by Gasteiger charge is -2.24. The Hall–Kier alpha value is -2.21. The fourth-order valence-electron chi connectivity index (χ4n) is 2.33. The number of amides is 2. The zero-order valence-electron chi connectivity index (χ0n) is 11.8. The van der Waals surface area contributed by atoms with Crippen LogP contribution in [0.1, 0.15) is 12.8 Å². The van der Waals surface area contributed by atoms with Crippen LogP contribution in [-0.2, 0) is 9.59 Å². The molecule has 9 heteroatoms. The minimum absolute atomic E-state index is 0.0891. The number of likely N-dealkylation sites (tertiary alicyclic amines) is 1. The molecule has 1 aliphatic heterocycles. The molecule has 0 bridgehead atoms. The molecule has 0 aliphatic carbocycles. The van der Waals surface area contributed by atoms with Gasteiger partial charge in [0.1, 0.15) is 11.4 Å². The van der Waals surface area contributed by atoms with Crippen molar-refractivity contribution in [3.63, 3.8) is 0 Å². The number of rotatable bonds is 3. The molecule has 1 aromatic rings. The van der Waals surface area contributed by atoms with E-state index in [1.165, 1.54) is 0 Å². The van der Waals surface area contributed by atoms with Gasteiger partial charge in [-0.15, -0.1) is 0 Å². The predicted octanol–water partition coefficient (Wildman–Crippen LogP) is 2.75. The number of thioether (sulfide) groups is 1. The molecule has 1 saturated heterocycles. The van der Waals surface area contributed by atoms with E-state index in [1.807, 2.05) is 5.40 Å². The number of thiocyanates is 1. The highest BCUT2D eigenvalue weighted by molar-refractivity contribution is 8.03. The SMILES string of the molecule is N#CSc1ccc(NC(=O)C2CCCN2C(=O)C(F)(F)F)cc1. The Kier molecular flexibility index (Phi) is 5.15. The standard InChI is InChI=1S/C14H12F3N3O2S/c15-14(16,17)13(22)20-7-1-2-11(20)12(21)19-9-3-5-10(6-4-9)23-8-18/h3-6,11H,1-2,7H2,(H,19,21). The van der Waals surface area contributed by atoms with E-state index in [2.05, 4.69) is 5.32 Å². The van der Waals surface area contributed by atoms with Crippen molar-refractivity contribution >= 4 is 29.3 Å². The van der Waals surface area contributed by atoms with Gasteiger partial charge in [0, 0.05) is 17.1 Å². The number of halogens is 3. The lowest BCUT2D eigenvalue weighted by atomic mass is 10.2. The molecule has 0 spiro atoms. The molecule has 0 saturated carbocycles. The average molecular weight is 343 g/mol. The highest BCUT2D eigenvalue weighted by Crippen LogP contribution is 2.26. The number of nitriles is 1. The summed E-state index contributed by atoms with van der Waals surface area (Å²) in [4.78, 5) is 24.7. The van der Waals surface area contributed by atoms with Gasteiger partial charge in [-0.1, -0.05) is 0 Å². The summed E-state index contributed by atoms with van der Waals surface area (Å²) in [7, 11) is 0. The largest absolute Gasteiger partial charge is 0.471 e. The molecule has 1 aromatic carbocycles. The number of hydrogen-bond acceptors (Lipinski definition) is 4. The van der Waals surface area contributed by atoms with E-state index in [0.29, 0.717) is 21.9 Å². The second-order valence-electron chi connectivity index (χ2n) is 4.86. The summed E-state index contributed by atoms with van der Waals surface area (Å²) in [6.45, 7) is -0.0891. The van der Waals surface area contributed by atoms with E-state index >= 15 is 0 Å². The van der Waals surface area contributed by atoms with Crippen LogP contribution in [-0.4, -0.2) is 35.5 Å². The summed E-state index contributed by atoms with van der Waals surface area (Å²) < 4.78 is 37.6. The van der Waals surface area contributed by atoms with Crippen molar-refractivity contribution in [2.75, 3.05) is 11.9 Å². The van der Waals surface area contributed by atoms with Crippen molar-refractivity contribution in [2.45, 2.75) is 30.0 Å². The van der Waals surface area contributed by atoms with Gasteiger partial charge in [0.15, 0.2) is 0 Å². The van der Waals surface area contributed by atoms with Gasteiger partial charge in [0.2, 0.25) is 5.91 Å². The fraction of sp³-hybridized carbons (Fsp3) is 0.357. The molecule has 1 atom stereocenters. The van der Waals surface area contributed by atoms with Crippen molar-refractivity contribution in [1.29, 1.82) is 5.26 Å². The van der Waals surface area contributed by atoms with E-state index in [4.69, 9.17) is 5.26 Å². The van der Waals surface area contributed by atoms with Crippen LogP contribution in [0.25, 0.3) is 0 Å². The maximum absolute atomic E-state index is 12.5. The number of hydrogen-bond donors (Lipinski definition) is 1. The highest BCUT2D eigenvalue weighted by atomic mass is 32.2. The number of anilines is 1. The van der Waals surface area contributed by atoms with Crippen LogP contribution in [0.2, 0.25) is 0 Å². The molecule has 1 aliphatic rings. The first-order chi connectivity index (χ1) is 10.8. The monoisotopic (exact) mass is 343 g/mol. The van der Waals surface area contributed by atoms with Gasteiger partial charge in [-0.05, 0) is 48.9 Å². The van der Waals surface area contributed by atoms with Crippen molar-refractivity contribution in [1.82, 2.24) is 4.90 Å². The molecule has 2 amide bonds. The molecule has 122 valence electrons. The second kappa shape index (κ2) is 6.91. The summed E-state index contributed by atoms with van der Waals surface area (Å²) >= 11 is 0.950. The number of alkyl halides is 3. The Morgan fingerprint density at radius 2 is 1.96 bits per heavy atom. The highest BCUT2D eigenvalue weighted by Gasteiger charge is 2.47. The molecule has 0 radical (unpaired) electrons. The predicted molar refractivity (Wildman–Crippen MR) is 77.3 cm³/mol. The van der Waals surface area contributed by atoms with Gasteiger partial charge in [-0.2, -0.15) is 18.4 Å². The minimum atomic E-state index is -4.99. The summed E-state index contributed by atoms with van der Waals surface area (Å²) in [5.41, 5.74) is 0.392. The lowest BCUT2D eigenvalue weighted by Crippen LogP contribution is -2.48. The van der Waals surface area contributed by atoms with E-state index in [-0.39, 0.29) is 13.0 Å². The third-order valence-electron chi connectivity index (χ3n) is 3.34. The molecular weight excluding hydrogens is 331 g/mol. The first kappa shape index (κ1) is 17.1. The number of carbonyl (C=O) groups is 2. The normalized spacial score (nSPS) is 17.7. The molecule has 0 aromatic heterocycles. The summed E-state index contributed by atoms with van der Waals surface area (Å²) in [5, 5.41) is 12.9. The van der Waals surface area contributed by atoms with Crippen molar-refractivity contribution in [3.05, 3.63) is 24.3 Å². The summed E-state index contributed by atoms with van der Waals surface area (Å²) in [5.74, 6) is -2.64. The Bertz CT molecular complexity index is 640. The number of carbonyl (C=O) groups excluding carboxylic acids is 2. The van der Waals surface area contributed by atoms with E-state index in [0.717, 1.165) is 11.8 Å². The van der Waals surface area contributed by atoms with E-state index < -0.39 is 24.0 Å².